The Balaban J connectivity index is 1.89. The molecule has 0 saturated carbocycles. The van der Waals surface area contributed by atoms with Crippen LogP contribution in [0.4, 0.5) is 0 Å². The van der Waals surface area contributed by atoms with Crippen LogP contribution >= 0.6 is 11.8 Å². The molecular weight excluding hydrogens is 588 g/mol. The zero-order chi connectivity index (χ0) is 32.2. The van der Waals surface area contributed by atoms with Crippen LogP contribution in [-0.2, 0) is 36.8 Å². The van der Waals surface area contributed by atoms with E-state index in [4.69, 9.17) is 11.5 Å². The Labute approximate surface area is 258 Å². The SMILES string of the molecule is CSCCC(NC(=O)C(Cc1c[nH]c2ccccc12)NC(=O)C(Cc1ccc(O)cc1)NC(=O)C(N)CCC(N)=O)C(=O)O. The third-order valence-corrected chi connectivity index (χ3v) is 7.65. The van der Waals surface area contributed by atoms with E-state index in [0.717, 1.165) is 10.9 Å². The second-order valence-electron chi connectivity index (χ2n) is 10.3. The summed E-state index contributed by atoms with van der Waals surface area (Å²) < 4.78 is 0. The predicted octanol–water partition coefficient (Wildman–Crippen LogP) is 0.544. The van der Waals surface area contributed by atoms with Gasteiger partial charge in [-0.25, -0.2) is 4.79 Å². The van der Waals surface area contributed by atoms with Crippen molar-refractivity contribution >= 4 is 52.3 Å². The second-order valence-corrected chi connectivity index (χ2v) is 11.3. The number of phenols is 1. The number of hydrogen-bond acceptors (Lipinski definition) is 8. The van der Waals surface area contributed by atoms with Crippen molar-refractivity contribution in [3.8, 4) is 5.75 Å². The fourth-order valence-electron chi connectivity index (χ4n) is 4.55. The zero-order valence-electron chi connectivity index (χ0n) is 24.2. The lowest BCUT2D eigenvalue weighted by atomic mass is 10.0. The smallest absolute Gasteiger partial charge is 0.326 e. The maximum Gasteiger partial charge on any atom is 0.326 e. The number of aliphatic carboxylic acids is 1. The number of phenolic OH excluding ortho intramolecular Hbond substituents is 1. The average molecular weight is 627 g/mol. The van der Waals surface area contributed by atoms with E-state index in [1.165, 1.54) is 23.9 Å². The minimum Gasteiger partial charge on any atom is -0.508 e. The van der Waals surface area contributed by atoms with Gasteiger partial charge < -0.3 is 42.6 Å². The first-order valence-electron chi connectivity index (χ1n) is 14.0. The number of nitrogens with one attached hydrogen (secondary N) is 4. The number of carboxylic acids is 1. The molecule has 0 fully saturated rings. The number of amides is 4. The Morgan fingerprint density at radius 1 is 0.864 bits per heavy atom. The number of carbonyl (C=O) groups is 5. The van der Waals surface area contributed by atoms with Gasteiger partial charge in [0.05, 0.1) is 6.04 Å². The van der Waals surface area contributed by atoms with E-state index >= 15 is 0 Å². The van der Waals surface area contributed by atoms with Gasteiger partial charge in [0.15, 0.2) is 0 Å². The monoisotopic (exact) mass is 626 g/mol. The number of rotatable bonds is 17. The summed E-state index contributed by atoms with van der Waals surface area (Å²) in [4.78, 5) is 66.3. The Kier molecular flexibility index (Phi) is 12.6. The molecule has 0 aliphatic heterocycles. The Hall–Kier alpha value is -4.56. The van der Waals surface area contributed by atoms with Crippen LogP contribution in [0.25, 0.3) is 10.9 Å². The predicted molar refractivity (Wildman–Crippen MR) is 167 cm³/mol. The third kappa shape index (κ3) is 10.0. The minimum absolute atomic E-state index is 0.0113. The van der Waals surface area contributed by atoms with Crippen molar-refractivity contribution in [2.24, 2.45) is 11.5 Å². The molecule has 236 valence electrons. The van der Waals surface area contributed by atoms with Crippen LogP contribution in [0.2, 0.25) is 0 Å². The molecule has 2 aromatic carbocycles. The summed E-state index contributed by atoms with van der Waals surface area (Å²) in [7, 11) is 0. The van der Waals surface area contributed by atoms with Gasteiger partial charge in [-0.05, 0) is 54.2 Å². The number of thioether (sulfide) groups is 1. The number of hydrogen-bond donors (Lipinski definition) is 8. The minimum atomic E-state index is -1.21. The third-order valence-electron chi connectivity index (χ3n) is 7.00. The summed E-state index contributed by atoms with van der Waals surface area (Å²) in [6, 6.07) is 8.70. The van der Waals surface area contributed by atoms with Crippen molar-refractivity contribution in [2.45, 2.75) is 56.3 Å². The number of carbonyl (C=O) groups excluding carboxylic acids is 4. The maximum atomic E-state index is 13.7. The molecule has 0 spiro atoms. The van der Waals surface area contributed by atoms with E-state index in [1.807, 2.05) is 30.5 Å². The Morgan fingerprint density at radius 3 is 2.11 bits per heavy atom. The molecule has 4 unspecified atom stereocenters. The summed E-state index contributed by atoms with van der Waals surface area (Å²) in [5.41, 5.74) is 13.2. The van der Waals surface area contributed by atoms with E-state index in [0.29, 0.717) is 16.9 Å². The van der Waals surface area contributed by atoms with E-state index in [2.05, 4.69) is 20.9 Å². The van der Waals surface area contributed by atoms with Gasteiger partial charge in [0.1, 0.15) is 23.9 Å². The van der Waals surface area contributed by atoms with Gasteiger partial charge in [0, 0.05) is 36.4 Å². The molecule has 14 heteroatoms. The van der Waals surface area contributed by atoms with Gasteiger partial charge in [0.25, 0.3) is 0 Å². The van der Waals surface area contributed by atoms with E-state index in [9.17, 15) is 34.2 Å². The van der Waals surface area contributed by atoms with Gasteiger partial charge in [-0.2, -0.15) is 11.8 Å². The molecule has 4 amide bonds. The quantitative estimate of drug-likeness (QED) is 0.104. The number of carboxylic acid groups (broad SMARTS) is 1. The van der Waals surface area contributed by atoms with Crippen LogP contribution in [0.1, 0.15) is 30.4 Å². The number of benzene rings is 2. The molecule has 13 nitrogen and oxygen atoms in total. The number of fused-ring (bicyclic) bond motifs is 1. The second kappa shape index (κ2) is 16.3. The van der Waals surface area contributed by atoms with Crippen LogP contribution in [0, 0.1) is 0 Å². The van der Waals surface area contributed by atoms with E-state index < -0.39 is 53.8 Å². The molecule has 3 aromatic rings. The van der Waals surface area contributed by atoms with Crippen LogP contribution in [0.3, 0.4) is 0 Å². The molecular formula is C30H38N6O7S. The van der Waals surface area contributed by atoms with Crippen molar-refractivity contribution in [3.63, 3.8) is 0 Å². The Morgan fingerprint density at radius 2 is 1.48 bits per heavy atom. The van der Waals surface area contributed by atoms with Crippen LogP contribution < -0.4 is 27.4 Å². The van der Waals surface area contributed by atoms with Crippen molar-refractivity contribution < 1.29 is 34.2 Å². The van der Waals surface area contributed by atoms with E-state index in [1.54, 1.807) is 18.3 Å². The van der Waals surface area contributed by atoms with Crippen molar-refractivity contribution in [3.05, 3.63) is 65.9 Å². The van der Waals surface area contributed by atoms with Crippen LogP contribution in [-0.4, -0.2) is 81.0 Å². The van der Waals surface area contributed by atoms with Gasteiger partial charge in [-0.15, -0.1) is 0 Å². The highest BCUT2D eigenvalue weighted by atomic mass is 32.2. The number of para-hydroxylation sites is 1. The molecule has 3 rings (SSSR count). The molecule has 0 bridgehead atoms. The number of H-pyrrole nitrogens is 1. The van der Waals surface area contributed by atoms with Crippen molar-refractivity contribution in [2.75, 3.05) is 12.0 Å². The molecule has 0 aliphatic rings. The fourth-order valence-corrected chi connectivity index (χ4v) is 5.02. The van der Waals surface area contributed by atoms with Crippen molar-refractivity contribution in [1.82, 2.24) is 20.9 Å². The molecule has 44 heavy (non-hydrogen) atoms. The normalized spacial score (nSPS) is 13.8. The number of primary amides is 1. The highest BCUT2D eigenvalue weighted by molar-refractivity contribution is 7.98. The lowest BCUT2D eigenvalue weighted by Gasteiger charge is -2.25. The molecule has 1 aromatic heterocycles. The fraction of sp³-hybridized carbons (Fsp3) is 0.367. The molecule has 0 saturated heterocycles. The van der Waals surface area contributed by atoms with Gasteiger partial charge in [-0.3, -0.25) is 19.2 Å². The summed E-state index contributed by atoms with van der Waals surface area (Å²) in [5.74, 6) is -3.45. The molecule has 1 heterocycles. The topological polar surface area (TPSA) is 230 Å². The van der Waals surface area contributed by atoms with Crippen molar-refractivity contribution in [1.29, 1.82) is 0 Å². The standard InChI is InChI=1S/C30H38N6O7S/c1-44-13-12-23(30(42)43)34-29(41)25(15-18-16-33-22-5-3-2-4-20(18)22)36-28(40)24(14-17-6-8-19(37)9-7-17)35-27(39)21(31)10-11-26(32)38/h2-9,16,21,23-25,33,37H,10-15,31H2,1H3,(H2,32,38)(H,34,41)(H,35,39)(H,36,40)(H,42,43). The first-order valence-corrected chi connectivity index (χ1v) is 15.4. The molecule has 0 aliphatic carbocycles. The summed E-state index contributed by atoms with van der Waals surface area (Å²) in [6.07, 6.45) is 3.56. The molecule has 4 atom stereocenters. The van der Waals surface area contributed by atoms with Gasteiger partial charge in [0.2, 0.25) is 23.6 Å². The van der Waals surface area contributed by atoms with E-state index in [-0.39, 0.29) is 37.9 Å². The number of aromatic hydroxyl groups is 1. The molecule has 0 radical (unpaired) electrons. The lowest BCUT2D eigenvalue weighted by molar-refractivity contribution is -0.142. The largest absolute Gasteiger partial charge is 0.508 e. The summed E-state index contributed by atoms with van der Waals surface area (Å²) in [5, 5.41) is 28.0. The number of nitrogens with two attached hydrogens (primary N) is 2. The first kappa shape index (κ1) is 33.9. The summed E-state index contributed by atoms with van der Waals surface area (Å²) >= 11 is 1.44. The van der Waals surface area contributed by atoms with Crippen LogP contribution in [0.15, 0.2) is 54.7 Å². The molecule has 10 N–H and O–H groups in total. The zero-order valence-corrected chi connectivity index (χ0v) is 25.1. The number of aromatic amines is 1. The van der Waals surface area contributed by atoms with Gasteiger partial charge in [-0.1, -0.05) is 30.3 Å². The highest BCUT2D eigenvalue weighted by Gasteiger charge is 2.31. The average Bonchev–Trinajstić information content (AvgIpc) is 3.40. The Bertz CT molecular complexity index is 1460. The summed E-state index contributed by atoms with van der Waals surface area (Å²) in [6.45, 7) is 0. The first-order chi connectivity index (χ1) is 21.0. The maximum absolute atomic E-state index is 13.7. The highest BCUT2D eigenvalue weighted by Crippen LogP contribution is 2.20. The lowest BCUT2D eigenvalue weighted by Crippen LogP contribution is -2.58. The van der Waals surface area contributed by atoms with Crippen LogP contribution in [0.5, 0.6) is 5.75 Å². The van der Waals surface area contributed by atoms with Gasteiger partial charge >= 0.3 is 5.97 Å². The number of aromatic nitrogens is 1.